The van der Waals surface area contributed by atoms with Gasteiger partial charge < -0.3 is 0 Å². The first kappa shape index (κ1) is 18.5. The minimum Gasteiger partial charge on any atom is -0.245 e. The third kappa shape index (κ3) is 3.13. The summed E-state index contributed by atoms with van der Waals surface area (Å²) < 4.78 is 1.92. The molecule has 0 fully saturated rings. The van der Waals surface area contributed by atoms with Crippen LogP contribution in [0.15, 0.2) is 103 Å². The zero-order valence-electron chi connectivity index (χ0n) is 17.6. The van der Waals surface area contributed by atoms with Crippen molar-refractivity contribution in [3.05, 3.63) is 109 Å². The van der Waals surface area contributed by atoms with Crippen molar-refractivity contribution in [2.24, 2.45) is 0 Å². The normalized spacial score (nSPS) is 11.3. The third-order valence-electron chi connectivity index (χ3n) is 5.69. The summed E-state index contributed by atoms with van der Waals surface area (Å²) in [4.78, 5) is 10.0. The van der Waals surface area contributed by atoms with Crippen molar-refractivity contribution in [2.45, 2.75) is 6.92 Å². The van der Waals surface area contributed by atoms with Crippen molar-refractivity contribution in [2.75, 3.05) is 0 Å². The van der Waals surface area contributed by atoms with Crippen LogP contribution >= 0.6 is 0 Å². The molecule has 3 heterocycles. The van der Waals surface area contributed by atoms with Gasteiger partial charge in [-0.15, -0.1) is 0 Å². The Balaban J connectivity index is 1.57. The molecule has 0 aliphatic carbocycles. The highest BCUT2D eigenvalue weighted by Gasteiger charge is 2.13. The highest BCUT2D eigenvalue weighted by Crippen LogP contribution is 2.28. The first-order valence-electron chi connectivity index (χ1n) is 10.6. The number of hydrogen-bond acceptors (Lipinski definition) is 3. The van der Waals surface area contributed by atoms with Gasteiger partial charge in [0.15, 0.2) is 5.82 Å². The molecule has 0 aliphatic rings. The van der Waals surface area contributed by atoms with Crippen LogP contribution in [0.4, 0.5) is 0 Å². The van der Waals surface area contributed by atoms with Crippen LogP contribution in [-0.2, 0) is 0 Å². The summed E-state index contributed by atoms with van der Waals surface area (Å²) in [6, 6.07) is 35.1. The highest BCUT2D eigenvalue weighted by molar-refractivity contribution is 6.03. The molecule has 6 aromatic rings. The maximum atomic E-state index is 5.05. The zero-order valence-corrected chi connectivity index (χ0v) is 17.6. The maximum Gasteiger partial charge on any atom is 0.154 e. The predicted molar refractivity (Wildman–Crippen MR) is 130 cm³/mol. The van der Waals surface area contributed by atoms with Crippen molar-refractivity contribution < 1.29 is 0 Å². The molecule has 0 atom stereocenters. The Kier molecular flexibility index (Phi) is 4.29. The summed E-state index contributed by atoms with van der Waals surface area (Å²) in [6.07, 6.45) is 0. The smallest absolute Gasteiger partial charge is 0.154 e. The van der Waals surface area contributed by atoms with E-state index in [1.807, 2.05) is 54.1 Å². The Bertz CT molecular complexity index is 1570. The van der Waals surface area contributed by atoms with Crippen LogP contribution in [-0.4, -0.2) is 19.7 Å². The van der Waals surface area contributed by atoms with Gasteiger partial charge in [-0.1, -0.05) is 78.9 Å². The molecule has 0 aliphatic heterocycles. The lowest BCUT2D eigenvalue weighted by atomic mass is 10.1. The van der Waals surface area contributed by atoms with Gasteiger partial charge in [0.2, 0.25) is 0 Å². The fraction of sp³-hybridized carbons (Fsp3) is 0.0357. The van der Waals surface area contributed by atoms with E-state index in [9.17, 15) is 0 Å². The fourth-order valence-corrected chi connectivity index (χ4v) is 4.13. The molecular weight excluding hydrogens is 392 g/mol. The molecule has 0 bridgehead atoms. The Morgan fingerprint density at radius 3 is 1.91 bits per heavy atom. The number of pyridine rings is 2. The Morgan fingerprint density at radius 1 is 0.594 bits per heavy atom. The van der Waals surface area contributed by atoms with E-state index in [4.69, 9.17) is 15.1 Å². The number of nitrogens with zero attached hydrogens (tertiary/aromatic N) is 4. The number of aryl methyl sites for hydroxylation is 1. The van der Waals surface area contributed by atoms with E-state index in [1.54, 1.807) is 0 Å². The van der Waals surface area contributed by atoms with E-state index in [0.29, 0.717) is 0 Å². The van der Waals surface area contributed by atoms with Gasteiger partial charge in [-0.3, -0.25) is 0 Å². The molecule has 0 amide bonds. The molecule has 3 aromatic carbocycles. The lowest BCUT2D eigenvalue weighted by Gasteiger charge is -2.10. The molecule has 4 heteroatoms. The van der Waals surface area contributed by atoms with E-state index < -0.39 is 0 Å². The van der Waals surface area contributed by atoms with Crippen LogP contribution in [0.5, 0.6) is 0 Å². The first-order chi connectivity index (χ1) is 15.8. The summed E-state index contributed by atoms with van der Waals surface area (Å²) in [6.45, 7) is 2.01. The largest absolute Gasteiger partial charge is 0.245 e. The molecule has 32 heavy (non-hydrogen) atoms. The van der Waals surface area contributed by atoms with Gasteiger partial charge in [0.05, 0.1) is 28.1 Å². The number of aromatic nitrogens is 4. The molecule has 4 nitrogen and oxygen atoms in total. The summed E-state index contributed by atoms with van der Waals surface area (Å²) in [5.74, 6) is 0.781. The molecule has 6 rings (SSSR count). The predicted octanol–water partition coefficient (Wildman–Crippen LogP) is 6.61. The average molecular weight is 412 g/mol. The summed E-state index contributed by atoms with van der Waals surface area (Å²) in [7, 11) is 0. The van der Waals surface area contributed by atoms with Gasteiger partial charge in [0.25, 0.3) is 0 Å². The lowest BCUT2D eigenvalue weighted by Crippen LogP contribution is -2.02. The summed E-state index contributed by atoms with van der Waals surface area (Å²) >= 11 is 0. The van der Waals surface area contributed by atoms with Crippen LogP contribution in [0.3, 0.4) is 0 Å². The monoisotopic (exact) mass is 412 g/mol. The van der Waals surface area contributed by atoms with Crippen LogP contribution in [0.2, 0.25) is 0 Å². The molecule has 0 N–H and O–H groups in total. The fourth-order valence-electron chi connectivity index (χ4n) is 4.13. The van der Waals surface area contributed by atoms with Gasteiger partial charge in [-0.25, -0.2) is 14.6 Å². The van der Waals surface area contributed by atoms with Crippen molar-refractivity contribution >= 4 is 21.8 Å². The molecule has 152 valence electrons. The standard InChI is InChI=1S/C28H20N4/c1-19-18-25(21-10-6-3-7-11-21)32(31-19)26-17-15-23-13-12-22-14-16-24(20-8-4-2-5-9-20)29-27(22)28(23)30-26/h2-18H,1H3. The average Bonchev–Trinajstić information content (AvgIpc) is 3.26. The molecule has 0 saturated carbocycles. The van der Waals surface area contributed by atoms with Crippen LogP contribution in [0.1, 0.15) is 5.69 Å². The van der Waals surface area contributed by atoms with Gasteiger partial charge in [0.1, 0.15) is 0 Å². The van der Waals surface area contributed by atoms with Crippen LogP contribution in [0.25, 0.3) is 50.1 Å². The van der Waals surface area contributed by atoms with E-state index in [0.717, 1.165) is 55.8 Å². The van der Waals surface area contributed by atoms with E-state index in [1.165, 1.54) is 0 Å². The topological polar surface area (TPSA) is 43.6 Å². The number of fused-ring (bicyclic) bond motifs is 3. The van der Waals surface area contributed by atoms with Gasteiger partial charge >= 0.3 is 0 Å². The number of rotatable bonds is 3. The second kappa shape index (κ2) is 7.43. The van der Waals surface area contributed by atoms with Gasteiger partial charge in [-0.2, -0.15) is 5.10 Å². The van der Waals surface area contributed by atoms with Crippen molar-refractivity contribution in [3.8, 4) is 28.3 Å². The quantitative estimate of drug-likeness (QED) is 0.307. The number of benzene rings is 3. The molecule has 0 unspecified atom stereocenters. The molecule has 0 radical (unpaired) electrons. The lowest BCUT2D eigenvalue weighted by molar-refractivity contribution is 0.844. The Morgan fingerprint density at radius 2 is 1.19 bits per heavy atom. The Labute approximate surface area is 185 Å². The summed E-state index contributed by atoms with van der Waals surface area (Å²) in [5, 5.41) is 6.87. The molecule has 0 spiro atoms. The van der Waals surface area contributed by atoms with Crippen LogP contribution < -0.4 is 0 Å². The van der Waals surface area contributed by atoms with E-state index >= 15 is 0 Å². The van der Waals surface area contributed by atoms with Crippen molar-refractivity contribution in [1.82, 2.24) is 19.7 Å². The van der Waals surface area contributed by atoms with Gasteiger partial charge in [-0.05, 0) is 31.2 Å². The van der Waals surface area contributed by atoms with E-state index in [-0.39, 0.29) is 0 Å². The maximum absolute atomic E-state index is 5.05. The Hall–Kier alpha value is -4.31. The van der Waals surface area contributed by atoms with Crippen molar-refractivity contribution in [1.29, 1.82) is 0 Å². The minimum atomic E-state index is 0.781. The minimum absolute atomic E-state index is 0.781. The van der Waals surface area contributed by atoms with E-state index in [2.05, 4.69) is 60.7 Å². The number of hydrogen-bond donors (Lipinski definition) is 0. The highest BCUT2D eigenvalue weighted by atomic mass is 15.3. The zero-order chi connectivity index (χ0) is 21.5. The second-order valence-electron chi connectivity index (χ2n) is 7.89. The van der Waals surface area contributed by atoms with Gasteiger partial charge in [0, 0.05) is 21.9 Å². The molecule has 3 aromatic heterocycles. The molecule has 0 saturated heterocycles. The SMILES string of the molecule is Cc1cc(-c2ccccc2)n(-c2ccc3ccc4ccc(-c5ccccc5)nc4c3n2)n1. The summed E-state index contributed by atoms with van der Waals surface area (Å²) in [5.41, 5.74) is 6.90. The molecular formula is C28H20N4. The van der Waals surface area contributed by atoms with Crippen LogP contribution in [0, 0.1) is 6.92 Å². The third-order valence-corrected chi connectivity index (χ3v) is 5.69. The second-order valence-corrected chi connectivity index (χ2v) is 7.89. The first-order valence-corrected chi connectivity index (χ1v) is 10.6. The van der Waals surface area contributed by atoms with Crippen molar-refractivity contribution in [3.63, 3.8) is 0 Å².